The molecule has 0 spiro atoms. The monoisotopic (exact) mass is 279 g/mol. The SMILES string of the molecule is CN1C(=O)CC(NS(=O)(=O)CCOCCN)C1=O. The Hall–Kier alpha value is -1.03. The van der Waals surface area contributed by atoms with Gasteiger partial charge in [-0.25, -0.2) is 13.1 Å². The minimum Gasteiger partial charge on any atom is -0.379 e. The number of likely N-dealkylation sites (tertiary alicyclic amines) is 1. The Morgan fingerprint density at radius 1 is 1.44 bits per heavy atom. The van der Waals surface area contributed by atoms with E-state index < -0.39 is 27.9 Å². The number of carbonyl (C=O) groups is 2. The predicted octanol–water partition coefficient (Wildman–Crippen LogP) is -2.36. The maximum Gasteiger partial charge on any atom is 0.247 e. The number of hydrogen-bond donors (Lipinski definition) is 2. The molecule has 0 bridgehead atoms. The molecule has 0 radical (unpaired) electrons. The summed E-state index contributed by atoms with van der Waals surface area (Å²) in [6, 6.07) is -0.998. The van der Waals surface area contributed by atoms with Crippen LogP contribution in [0.15, 0.2) is 0 Å². The number of imide groups is 1. The normalized spacial score (nSPS) is 20.8. The van der Waals surface area contributed by atoms with Crippen LogP contribution in [-0.2, 0) is 24.3 Å². The van der Waals surface area contributed by atoms with Crippen LogP contribution in [0.2, 0.25) is 0 Å². The number of sulfonamides is 1. The Bertz CT molecular complexity index is 422. The first kappa shape index (κ1) is 15.0. The number of likely N-dealkylation sites (N-methyl/N-ethyl adjacent to an activating group) is 1. The summed E-state index contributed by atoms with van der Waals surface area (Å²) in [5.41, 5.74) is 5.18. The smallest absolute Gasteiger partial charge is 0.247 e. The fourth-order valence-electron chi connectivity index (χ4n) is 1.48. The van der Waals surface area contributed by atoms with E-state index in [9.17, 15) is 18.0 Å². The van der Waals surface area contributed by atoms with Crippen molar-refractivity contribution in [1.82, 2.24) is 9.62 Å². The highest BCUT2D eigenvalue weighted by Gasteiger charge is 2.38. The van der Waals surface area contributed by atoms with Crippen molar-refractivity contribution in [3.8, 4) is 0 Å². The second-order valence-electron chi connectivity index (χ2n) is 3.89. The zero-order valence-corrected chi connectivity index (χ0v) is 10.9. The lowest BCUT2D eigenvalue weighted by atomic mass is 10.3. The highest BCUT2D eigenvalue weighted by atomic mass is 32.2. The topological polar surface area (TPSA) is 119 Å². The zero-order valence-electron chi connectivity index (χ0n) is 10.1. The minimum atomic E-state index is -3.64. The summed E-state index contributed by atoms with van der Waals surface area (Å²) in [6.45, 7) is 0.588. The van der Waals surface area contributed by atoms with E-state index >= 15 is 0 Å². The van der Waals surface area contributed by atoms with Gasteiger partial charge in [-0.15, -0.1) is 0 Å². The molecule has 1 atom stereocenters. The molecule has 1 heterocycles. The Balaban J connectivity index is 2.46. The fourth-order valence-corrected chi connectivity index (χ4v) is 2.55. The number of hydrogen-bond acceptors (Lipinski definition) is 6. The lowest BCUT2D eigenvalue weighted by Gasteiger charge is -2.11. The summed E-state index contributed by atoms with van der Waals surface area (Å²) in [5.74, 6) is -1.20. The highest BCUT2D eigenvalue weighted by Crippen LogP contribution is 2.11. The summed E-state index contributed by atoms with van der Waals surface area (Å²) < 4.78 is 30.3. The molecule has 1 unspecified atom stereocenters. The molecule has 0 aromatic heterocycles. The first-order valence-electron chi connectivity index (χ1n) is 5.45. The number of rotatable bonds is 7. The van der Waals surface area contributed by atoms with Crippen LogP contribution in [0.5, 0.6) is 0 Å². The number of ether oxygens (including phenoxy) is 1. The Labute approximate surface area is 105 Å². The van der Waals surface area contributed by atoms with Crippen LogP contribution < -0.4 is 10.5 Å². The molecule has 0 aromatic carbocycles. The average molecular weight is 279 g/mol. The molecule has 9 heteroatoms. The van der Waals surface area contributed by atoms with Crippen molar-refractivity contribution in [2.24, 2.45) is 5.73 Å². The van der Waals surface area contributed by atoms with E-state index in [1.807, 2.05) is 0 Å². The largest absolute Gasteiger partial charge is 0.379 e. The molecule has 1 saturated heterocycles. The van der Waals surface area contributed by atoms with Gasteiger partial charge in [-0.3, -0.25) is 14.5 Å². The van der Waals surface area contributed by atoms with Gasteiger partial charge in [-0.2, -0.15) is 0 Å². The first-order chi connectivity index (χ1) is 8.37. The van der Waals surface area contributed by atoms with E-state index in [0.717, 1.165) is 4.90 Å². The summed E-state index contributed by atoms with van der Waals surface area (Å²) in [5, 5.41) is 0. The Morgan fingerprint density at radius 3 is 2.61 bits per heavy atom. The number of amides is 2. The van der Waals surface area contributed by atoms with Crippen molar-refractivity contribution in [3.05, 3.63) is 0 Å². The van der Waals surface area contributed by atoms with Gasteiger partial charge in [0.15, 0.2) is 0 Å². The van der Waals surface area contributed by atoms with Crippen LogP contribution in [0.4, 0.5) is 0 Å². The van der Waals surface area contributed by atoms with Crippen molar-refractivity contribution in [3.63, 3.8) is 0 Å². The molecular weight excluding hydrogens is 262 g/mol. The van der Waals surface area contributed by atoms with Crippen molar-refractivity contribution < 1.29 is 22.7 Å². The minimum absolute atomic E-state index is 0.00275. The third-order valence-corrected chi connectivity index (χ3v) is 3.81. The average Bonchev–Trinajstić information content (AvgIpc) is 2.52. The van der Waals surface area contributed by atoms with Crippen LogP contribution >= 0.6 is 0 Å². The van der Waals surface area contributed by atoms with Crippen LogP contribution in [0.1, 0.15) is 6.42 Å². The van der Waals surface area contributed by atoms with E-state index in [-0.39, 0.29) is 25.4 Å². The summed E-state index contributed by atoms with van der Waals surface area (Å²) in [7, 11) is -2.32. The second-order valence-corrected chi connectivity index (χ2v) is 5.76. The van der Waals surface area contributed by atoms with Crippen LogP contribution in [0, 0.1) is 0 Å². The van der Waals surface area contributed by atoms with E-state index in [2.05, 4.69) is 4.72 Å². The van der Waals surface area contributed by atoms with E-state index in [4.69, 9.17) is 10.5 Å². The van der Waals surface area contributed by atoms with Gasteiger partial charge in [-0.1, -0.05) is 0 Å². The number of nitrogens with two attached hydrogens (primary N) is 1. The molecule has 0 aliphatic carbocycles. The summed E-state index contributed by atoms with van der Waals surface area (Å²) >= 11 is 0. The van der Waals surface area contributed by atoms with Gasteiger partial charge >= 0.3 is 0 Å². The molecule has 1 fully saturated rings. The number of nitrogens with one attached hydrogen (secondary N) is 1. The van der Waals surface area contributed by atoms with E-state index in [1.54, 1.807) is 0 Å². The second kappa shape index (κ2) is 6.23. The summed E-state index contributed by atoms with van der Waals surface area (Å²) in [6.07, 6.45) is -0.141. The van der Waals surface area contributed by atoms with Gasteiger partial charge < -0.3 is 10.5 Å². The van der Waals surface area contributed by atoms with Crippen LogP contribution in [0.25, 0.3) is 0 Å². The van der Waals surface area contributed by atoms with Gasteiger partial charge in [0.1, 0.15) is 6.04 Å². The molecule has 0 aromatic rings. The lowest BCUT2D eigenvalue weighted by molar-refractivity contribution is -0.137. The third-order valence-electron chi connectivity index (χ3n) is 2.46. The maximum atomic E-state index is 11.6. The fraction of sp³-hybridized carbons (Fsp3) is 0.778. The molecule has 18 heavy (non-hydrogen) atoms. The van der Waals surface area contributed by atoms with Crippen molar-refractivity contribution >= 4 is 21.8 Å². The van der Waals surface area contributed by atoms with Gasteiger partial charge in [0.2, 0.25) is 21.8 Å². The number of carbonyl (C=O) groups excluding carboxylic acids is 2. The zero-order chi connectivity index (χ0) is 13.8. The first-order valence-corrected chi connectivity index (χ1v) is 7.11. The Kier molecular flexibility index (Phi) is 5.20. The highest BCUT2D eigenvalue weighted by molar-refractivity contribution is 7.89. The van der Waals surface area contributed by atoms with Gasteiger partial charge in [0.25, 0.3) is 0 Å². The molecule has 104 valence electrons. The van der Waals surface area contributed by atoms with Crippen molar-refractivity contribution in [2.75, 3.05) is 32.6 Å². The van der Waals surface area contributed by atoms with Crippen LogP contribution in [0.3, 0.4) is 0 Å². The van der Waals surface area contributed by atoms with E-state index in [1.165, 1.54) is 7.05 Å². The van der Waals surface area contributed by atoms with Gasteiger partial charge in [-0.05, 0) is 0 Å². The molecule has 1 rings (SSSR count). The molecule has 1 aliphatic rings. The van der Waals surface area contributed by atoms with Gasteiger partial charge in [0.05, 0.1) is 25.4 Å². The molecule has 0 saturated carbocycles. The molecule has 8 nitrogen and oxygen atoms in total. The quantitative estimate of drug-likeness (QED) is 0.397. The predicted molar refractivity (Wildman–Crippen MR) is 63.0 cm³/mol. The molecular formula is C9H17N3O5S. The van der Waals surface area contributed by atoms with Crippen LogP contribution in [-0.4, -0.2) is 63.7 Å². The Morgan fingerprint density at radius 2 is 2.11 bits per heavy atom. The third kappa shape index (κ3) is 4.02. The molecule has 3 N–H and O–H groups in total. The van der Waals surface area contributed by atoms with Gasteiger partial charge in [0, 0.05) is 13.6 Å². The molecule has 2 amide bonds. The number of nitrogens with zero attached hydrogens (tertiary/aromatic N) is 1. The van der Waals surface area contributed by atoms with Crippen molar-refractivity contribution in [1.29, 1.82) is 0 Å². The lowest BCUT2D eigenvalue weighted by Crippen LogP contribution is -2.42. The standard InChI is InChI=1S/C9H17N3O5S/c1-12-8(13)6-7(9(12)14)11-18(15,16)5-4-17-3-2-10/h7,11H,2-6,10H2,1H3. The summed E-state index contributed by atoms with van der Waals surface area (Å²) in [4.78, 5) is 23.6. The van der Waals surface area contributed by atoms with E-state index in [0.29, 0.717) is 6.54 Å². The molecule has 1 aliphatic heterocycles. The maximum absolute atomic E-state index is 11.6. The van der Waals surface area contributed by atoms with Crippen molar-refractivity contribution in [2.45, 2.75) is 12.5 Å².